The number of rotatable bonds is 8. The highest BCUT2D eigenvalue weighted by atomic mass is 16.1. The molecule has 0 saturated heterocycles. The molecule has 0 aromatic carbocycles. The Labute approximate surface area is 99.2 Å². The number of hydrogen-bond donors (Lipinski definition) is 1. The van der Waals surface area contributed by atoms with Gasteiger partial charge in [-0.1, -0.05) is 13.2 Å². The molecule has 0 aliphatic rings. The normalized spacial score (nSPS) is 15.2. The zero-order chi connectivity index (χ0) is 12.8. The van der Waals surface area contributed by atoms with Gasteiger partial charge in [0.25, 0.3) is 0 Å². The second kappa shape index (κ2) is 5.97. The molecule has 0 aromatic heterocycles. The van der Waals surface area contributed by atoms with Gasteiger partial charge in [-0.05, 0) is 32.9 Å². The van der Waals surface area contributed by atoms with Gasteiger partial charge >= 0.3 is 0 Å². The maximum atomic E-state index is 11.7. The zero-order valence-electron chi connectivity index (χ0n) is 10.8. The molecular weight excluding hydrogens is 200 g/mol. The molecule has 1 unspecified atom stereocenters. The summed E-state index contributed by atoms with van der Waals surface area (Å²) >= 11 is 0. The number of hydrogen-bond acceptors (Lipinski definition) is 2. The van der Waals surface area contributed by atoms with E-state index < -0.39 is 5.54 Å². The predicted octanol–water partition coefficient (Wildman–Crippen LogP) is 1.50. The summed E-state index contributed by atoms with van der Waals surface area (Å²) < 4.78 is 0.788. The van der Waals surface area contributed by atoms with Crippen molar-refractivity contribution in [2.45, 2.75) is 26.3 Å². The average Bonchev–Trinajstić information content (AvgIpc) is 2.26. The van der Waals surface area contributed by atoms with Crippen LogP contribution in [0.1, 0.15) is 20.8 Å². The van der Waals surface area contributed by atoms with Gasteiger partial charge in [0.05, 0.1) is 19.6 Å². The molecule has 0 bridgehead atoms. The van der Waals surface area contributed by atoms with E-state index in [1.165, 1.54) is 6.08 Å². The third-order valence-electron chi connectivity index (χ3n) is 3.27. The van der Waals surface area contributed by atoms with E-state index in [0.717, 1.165) is 24.1 Å². The fourth-order valence-corrected chi connectivity index (χ4v) is 2.05. The molecule has 0 amide bonds. The first-order chi connectivity index (χ1) is 7.37. The molecule has 16 heavy (non-hydrogen) atoms. The summed E-state index contributed by atoms with van der Waals surface area (Å²) in [7, 11) is 0. The lowest BCUT2D eigenvalue weighted by atomic mass is 9.95. The summed E-state index contributed by atoms with van der Waals surface area (Å²) in [5.74, 6) is -0.0963. The van der Waals surface area contributed by atoms with Gasteiger partial charge in [0.2, 0.25) is 0 Å². The maximum Gasteiger partial charge on any atom is 0.180 e. The number of nitrogens with zero attached hydrogens (tertiary/aromatic N) is 1. The fourth-order valence-electron chi connectivity index (χ4n) is 2.05. The minimum absolute atomic E-state index is 0.0963. The Morgan fingerprint density at radius 2 is 1.88 bits per heavy atom. The van der Waals surface area contributed by atoms with Gasteiger partial charge in [0, 0.05) is 0 Å². The summed E-state index contributed by atoms with van der Waals surface area (Å²) in [5.41, 5.74) is 5.23. The summed E-state index contributed by atoms with van der Waals surface area (Å²) in [5, 5.41) is 0. The monoisotopic (exact) mass is 225 g/mol. The van der Waals surface area contributed by atoms with E-state index in [1.807, 2.05) is 6.08 Å². The van der Waals surface area contributed by atoms with Crippen molar-refractivity contribution in [2.75, 3.05) is 26.2 Å². The molecular formula is C13H25N2O+. The van der Waals surface area contributed by atoms with E-state index in [2.05, 4.69) is 27.0 Å². The molecule has 0 spiro atoms. The lowest BCUT2D eigenvalue weighted by molar-refractivity contribution is -0.921. The molecule has 0 aliphatic carbocycles. The van der Waals surface area contributed by atoms with Crippen LogP contribution in [0.2, 0.25) is 0 Å². The Balaban J connectivity index is 4.92. The Kier molecular flexibility index (Phi) is 5.62. The molecule has 92 valence electrons. The van der Waals surface area contributed by atoms with Crippen molar-refractivity contribution < 1.29 is 9.28 Å². The van der Waals surface area contributed by atoms with Crippen LogP contribution < -0.4 is 5.73 Å². The molecule has 0 aliphatic heterocycles. The van der Waals surface area contributed by atoms with Crippen LogP contribution in [0.4, 0.5) is 0 Å². The van der Waals surface area contributed by atoms with E-state index in [4.69, 9.17) is 5.73 Å². The van der Waals surface area contributed by atoms with E-state index >= 15 is 0 Å². The minimum atomic E-state index is -0.837. The van der Waals surface area contributed by atoms with Crippen molar-refractivity contribution in [3.63, 3.8) is 0 Å². The van der Waals surface area contributed by atoms with Crippen molar-refractivity contribution in [1.29, 1.82) is 0 Å². The van der Waals surface area contributed by atoms with Crippen LogP contribution >= 0.6 is 0 Å². The van der Waals surface area contributed by atoms with E-state index in [-0.39, 0.29) is 5.78 Å². The van der Waals surface area contributed by atoms with Crippen molar-refractivity contribution in [3.05, 3.63) is 25.3 Å². The predicted molar refractivity (Wildman–Crippen MR) is 69.1 cm³/mol. The Morgan fingerprint density at radius 1 is 1.38 bits per heavy atom. The molecule has 2 N–H and O–H groups in total. The van der Waals surface area contributed by atoms with E-state index in [0.29, 0.717) is 6.54 Å². The van der Waals surface area contributed by atoms with Crippen LogP contribution in [-0.4, -0.2) is 42.0 Å². The lowest BCUT2D eigenvalue weighted by Gasteiger charge is -2.40. The maximum absolute atomic E-state index is 11.7. The molecule has 3 heteroatoms. The number of carbonyl (C=O) groups is 1. The van der Waals surface area contributed by atoms with Gasteiger partial charge in [0.1, 0.15) is 12.1 Å². The summed E-state index contributed by atoms with van der Waals surface area (Å²) in [4.78, 5) is 11.7. The quantitative estimate of drug-likeness (QED) is 0.386. The molecule has 0 aromatic rings. The smallest absolute Gasteiger partial charge is 0.180 e. The van der Waals surface area contributed by atoms with Crippen molar-refractivity contribution in [3.8, 4) is 0 Å². The summed E-state index contributed by atoms with van der Waals surface area (Å²) in [6.45, 7) is 16.6. The molecule has 0 saturated carbocycles. The largest absolute Gasteiger partial charge is 0.319 e. The second-order valence-corrected chi connectivity index (χ2v) is 4.59. The standard InChI is InChI=1S/C13H25N2O/c1-6-10-15(8-3,9-4)11-13(5,14)12(16)7-2/h6-7H,1-2,8-11,14H2,3-5H3/q+1. The molecule has 0 radical (unpaired) electrons. The Morgan fingerprint density at radius 3 is 2.19 bits per heavy atom. The summed E-state index contributed by atoms with van der Waals surface area (Å²) in [6.07, 6.45) is 3.20. The van der Waals surface area contributed by atoms with Crippen molar-refractivity contribution >= 4 is 5.78 Å². The first-order valence-electron chi connectivity index (χ1n) is 5.79. The highest BCUT2D eigenvalue weighted by Crippen LogP contribution is 2.14. The first-order valence-corrected chi connectivity index (χ1v) is 5.79. The molecule has 0 fully saturated rings. The Hall–Kier alpha value is -0.930. The molecule has 0 heterocycles. The molecule has 1 atom stereocenters. The van der Waals surface area contributed by atoms with Gasteiger partial charge in [-0.2, -0.15) is 0 Å². The number of quaternary nitrogens is 1. The topological polar surface area (TPSA) is 43.1 Å². The van der Waals surface area contributed by atoms with Crippen LogP contribution in [0, 0.1) is 0 Å². The van der Waals surface area contributed by atoms with Gasteiger partial charge < -0.3 is 10.2 Å². The minimum Gasteiger partial charge on any atom is -0.319 e. The van der Waals surface area contributed by atoms with Crippen LogP contribution in [0.25, 0.3) is 0 Å². The van der Waals surface area contributed by atoms with Crippen LogP contribution in [0.15, 0.2) is 25.3 Å². The first kappa shape index (κ1) is 15.1. The SMILES string of the molecule is C=CC[N+](CC)(CC)CC(C)(N)C(=O)C=C. The van der Waals surface area contributed by atoms with E-state index in [1.54, 1.807) is 6.92 Å². The number of nitrogens with two attached hydrogens (primary N) is 1. The van der Waals surface area contributed by atoms with E-state index in [9.17, 15) is 4.79 Å². The highest BCUT2D eigenvalue weighted by molar-refractivity contribution is 5.97. The van der Waals surface area contributed by atoms with Crippen molar-refractivity contribution in [1.82, 2.24) is 0 Å². The number of likely N-dealkylation sites (N-methyl/N-ethyl adjacent to an activating group) is 1. The van der Waals surface area contributed by atoms with Gasteiger partial charge in [-0.15, -0.1) is 0 Å². The summed E-state index contributed by atoms with van der Waals surface area (Å²) in [6, 6.07) is 0. The Bertz CT molecular complexity index is 265. The number of carbonyl (C=O) groups excluding carboxylic acids is 1. The van der Waals surface area contributed by atoms with Gasteiger partial charge in [0.15, 0.2) is 5.78 Å². The second-order valence-electron chi connectivity index (χ2n) is 4.59. The number of ketones is 1. The zero-order valence-corrected chi connectivity index (χ0v) is 10.8. The van der Waals surface area contributed by atoms with Gasteiger partial charge in [-0.3, -0.25) is 4.79 Å². The highest BCUT2D eigenvalue weighted by Gasteiger charge is 2.36. The third-order valence-corrected chi connectivity index (χ3v) is 3.27. The van der Waals surface area contributed by atoms with Gasteiger partial charge in [-0.25, -0.2) is 0 Å². The lowest BCUT2D eigenvalue weighted by Crippen LogP contribution is -2.61. The van der Waals surface area contributed by atoms with Crippen LogP contribution in [-0.2, 0) is 4.79 Å². The van der Waals surface area contributed by atoms with Crippen molar-refractivity contribution in [2.24, 2.45) is 5.73 Å². The average molecular weight is 225 g/mol. The fraction of sp³-hybridized carbons (Fsp3) is 0.615. The molecule has 0 rings (SSSR count). The molecule has 3 nitrogen and oxygen atoms in total. The van der Waals surface area contributed by atoms with Crippen LogP contribution in [0.5, 0.6) is 0 Å². The van der Waals surface area contributed by atoms with Crippen LogP contribution in [0.3, 0.4) is 0 Å². The third kappa shape index (κ3) is 3.58.